The van der Waals surface area contributed by atoms with Crippen LogP contribution in [0.25, 0.3) is 22.6 Å². The number of Topliss-reactive ketones (excluding diaryl/α,β-unsaturated/α-hetero) is 1. The summed E-state index contributed by atoms with van der Waals surface area (Å²) in [6.45, 7) is 1.80. The Bertz CT molecular complexity index is 1150. The standard InChI is InChI=1S/C16H12ClNO7S/c1-2-3-11(19)15-12(20)5-4-9-16(15)24-14-7-13(25-26(21,22)23)8(17)6-10(14)18-9/h4-7H,2-3H2,1H3,(H,21,22,23). The third-order valence-corrected chi connectivity index (χ3v) is 4.20. The highest BCUT2D eigenvalue weighted by molar-refractivity contribution is 7.81. The molecule has 1 heterocycles. The van der Waals surface area contributed by atoms with E-state index in [1.165, 1.54) is 18.2 Å². The Labute approximate surface area is 152 Å². The van der Waals surface area contributed by atoms with Crippen LogP contribution in [0.3, 0.4) is 0 Å². The first-order valence-electron chi connectivity index (χ1n) is 7.47. The van der Waals surface area contributed by atoms with Crippen LogP contribution in [0.2, 0.25) is 5.02 Å². The second kappa shape index (κ2) is 6.67. The number of fused-ring (bicyclic) bond motifs is 2. The molecule has 1 N–H and O–H groups in total. The number of benzene rings is 2. The minimum Gasteiger partial charge on any atom is -0.452 e. The predicted molar refractivity (Wildman–Crippen MR) is 93.3 cm³/mol. The van der Waals surface area contributed by atoms with Crippen LogP contribution in [0.15, 0.2) is 33.5 Å². The van der Waals surface area contributed by atoms with E-state index in [9.17, 15) is 18.0 Å². The maximum absolute atomic E-state index is 12.3. The average molecular weight is 398 g/mol. The maximum Gasteiger partial charge on any atom is 0.446 e. The van der Waals surface area contributed by atoms with Crippen LogP contribution in [0, 0.1) is 0 Å². The summed E-state index contributed by atoms with van der Waals surface area (Å²) in [4.78, 5) is 28.7. The molecule has 0 saturated heterocycles. The van der Waals surface area contributed by atoms with Crippen LogP contribution in [0.5, 0.6) is 5.75 Å². The lowest BCUT2D eigenvalue weighted by molar-refractivity contribution is 0.0980. The van der Waals surface area contributed by atoms with Crippen molar-refractivity contribution in [2.75, 3.05) is 0 Å². The van der Waals surface area contributed by atoms with Gasteiger partial charge in [-0.1, -0.05) is 18.5 Å². The van der Waals surface area contributed by atoms with Gasteiger partial charge in [0.1, 0.15) is 16.8 Å². The molecule has 0 bridgehead atoms. The van der Waals surface area contributed by atoms with Gasteiger partial charge in [0.25, 0.3) is 0 Å². The van der Waals surface area contributed by atoms with E-state index in [-0.39, 0.29) is 51.1 Å². The van der Waals surface area contributed by atoms with Crippen LogP contribution in [0.4, 0.5) is 0 Å². The smallest absolute Gasteiger partial charge is 0.446 e. The molecule has 1 aliphatic heterocycles. The Morgan fingerprint density at radius 3 is 2.73 bits per heavy atom. The molecule has 3 rings (SSSR count). The van der Waals surface area contributed by atoms with Gasteiger partial charge in [0.2, 0.25) is 0 Å². The molecule has 0 fully saturated rings. The van der Waals surface area contributed by atoms with Gasteiger partial charge in [-0.15, -0.1) is 0 Å². The van der Waals surface area contributed by atoms with Gasteiger partial charge in [0.15, 0.2) is 28.3 Å². The Balaban J connectivity index is 2.29. The molecule has 8 nitrogen and oxygen atoms in total. The van der Waals surface area contributed by atoms with Crippen LogP contribution in [-0.2, 0) is 10.4 Å². The lowest BCUT2D eigenvalue weighted by Crippen LogP contribution is -2.16. The molecule has 26 heavy (non-hydrogen) atoms. The zero-order valence-electron chi connectivity index (χ0n) is 13.4. The number of ketones is 1. The summed E-state index contributed by atoms with van der Waals surface area (Å²) in [5, 5.41) is -0.125. The minimum atomic E-state index is -4.80. The zero-order valence-corrected chi connectivity index (χ0v) is 14.9. The molecule has 0 amide bonds. The number of aromatic nitrogens is 1. The van der Waals surface area contributed by atoms with Gasteiger partial charge in [-0.25, -0.2) is 4.98 Å². The largest absolute Gasteiger partial charge is 0.452 e. The highest BCUT2D eigenvalue weighted by Crippen LogP contribution is 2.34. The first kappa shape index (κ1) is 18.3. The number of halogens is 1. The molecule has 0 atom stereocenters. The lowest BCUT2D eigenvalue weighted by Gasteiger charge is -2.11. The van der Waals surface area contributed by atoms with Crippen LogP contribution in [-0.4, -0.2) is 23.7 Å². The van der Waals surface area contributed by atoms with E-state index in [1.54, 1.807) is 6.92 Å². The Morgan fingerprint density at radius 1 is 1.35 bits per heavy atom. The number of carbonyl (C=O) groups excluding carboxylic acids is 1. The number of hydrogen-bond donors (Lipinski definition) is 1. The van der Waals surface area contributed by atoms with Crippen molar-refractivity contribution in [2.45, 2.75) is 19.8 Å². The predicted octanol–water partition coefficient (Wildman–Crippen LogP) is 3.11. The molecule has 1 aromatic carbocycles. The first-order chi connectivity index (χ1) is 12.2. The number of nitrogens with zero attached hydrogens (tertiary/aromatic N) is 1. The van der Waals surface area contributed by atoms with Gasteiger partial charge >= 0.3 is 10.4 Å². The van der Waals surface area contributed by atoms with E-state index in [2.05, 4.69) is 9.17 Å². The van der Waals surface area contributed by atoms with Gasteiger partial charge in [-0.2, -0.15) is 8.42 Å². The van der Waals surface area contributed by atoms with E-state index < -0.39 is 15.8 Å². The van der Waals surface area contributed by atoms with E-state index in [4.69, 9.17) is 20.6 Å². The highest BCUT2D eigenvalue weighted by Gasteiger charge is 2.23. The van der Waals surface area contributed by atoms with Crippen LogP contribution >= 0.6 is 11.6 Å². The number of carbonyl (C=O) groups is 1. The second-order valence-electron chi connectivity index (χ2n) is 5.44. The molecule has 10 heteroatoms. The molecule has 1 aromatic rings. The van der Waals surface area contributed by atoms with Crippen molar-refractivity contribution < 1.29 is 26.4 Å². The van der Waals surface area contributed by atoms with Gasteiger partial charge in [0, 0.05) is 12.5 Å². The van der Waals surface area contributed by atoms with Crippen LogP contribution < -0.4 is 9.61 Å². The zero-order chi connectivity index (χ0) is 19.1. The molecular weight excluding hydrogens is 386 g/mol. The Morgan fingerprint density at radius 2 is 2.08 bits per heavy atom. The summed E-state index contributed by atoms with van der Waals surface area (Å²) >= 11 is 5.92. The van der Waals surface area contributed by atoms with E-state index in [1.807, 2.05) is 0 Å². The van der Waals surface area contributed by atoms with Crippen molar-refractivity contribution in [1.82, 2.24) is 4.98 Å². The fourth-order valence-corrected chi connectivity index (χ4v) is 3.08. The van der Waals surface area contributed by atoms with Gasteiger partial charge < -0.3 is 8.60 Å². The molecule has 0 unspecified atom stereocenters. The molecule has 0 saturated carbocycles. The summed E-state index contributed by atoms with van der Waals surface area (Å²) in [5.74, 6) is -0.772. The first-order valence-corrected chi connectivity index (χ1v) is 9.21. The highest BCUT2D eigenvalue weighted by atomic mass is 35.5. The molecular formula is C16H12ClNO7S. The van der Waals surface area contributed by atoms with Gasteiger partial charge in [0.05, 0.1) is 5.02 Å². The summed E-state index contributed by atoms with van der Waals surface area (Å²) in [5.41, 5.74) is -0.0688. The van der Waals surface area contributed by atoms with E-state index in [0.717, 1.165) is 6.07 Å². The molecule has 0 aromatic heterocycles. The molecule has 1 aliphatic carbocycles. The summed E-state index contributed by atoms with van der Waals surface area (Å²) in [6, 6.07) is 5.03. The van der Waals surface area contributed by atoms with Crippen molar-refractivity contribution in [2.24, 2.45) is 0 Å². The SMILES string of the molecule is CCCC(=O)c1c2oc3cc(OS(=O)(=O)O)c(Cl)cc3nc-2ccc1=O. The summed E-state index contributed by atoms with van der Waals surface area (Å²) < 4.78 is 40.6. The van der Waals surface area contributed by atoms with Gasteiger partial charge in [-0.05, 0) is 24.6 Å². The van der Waals surface area contributed by atoms with Crippen molar-refractivity contribution in [3.63, 3.8) is 0 Å². The van der Waals surface area contributed by atoms with Crippen molar-refractivity contribution in [3.8, 4) is 17.2 Å². The maximum atomic E-state index is 12.3. The third-order valence-electron chi connectivity index (χ3n) is 3.52. The average Bonchev–Trinajstić information content (AvgIpc) is 2.53. The van der Waals surface area contributed by atoms with Crippen LogP contribution in [0.1, 0.15) is 30.1 Å². The fourth-order valence-electron chi connectivity index (χ4n) is 2.47. The normalized spacial score (nSPS) is 11.8. The quantitative estimate of drug-likeness (QED) is 0.395. The number of rotatable bonds is 5. The Kier molecular flexibility index (Phi) is 4.70. The monoisotopic (exact) mass is 397 g/mol. The third kappa shape index (κ3) is 3.55. The van der Waals surface area contributed by atoms with Crippen molar-refractivity contribution in [3.05, 3.63) is 45.1 Å². The molecule has 0 radical (unpaired) electrons. The lowest BCUT2D eigenvalue weighted by atomic mass is 10.0. The summed E-state index contributed by atoms with van der Waals surface area (Å²) in [7, 11) is -4.80. The molecule has 2 aliphatic rings. The minimum absolute atomic E-state index is 0.0106. The topological polar surface area (TPSA) is 124 Å². The molecule has 136 valence electrons. The van der Waals surface area contributed by atoms with E-state index >= 15 is 0 Å². The Hall–Kier alpha value is -2.49. The number of hydrogen-bond acceptors (Lipinski definition) is 7. The van der Waals surface area contributed by atoms with Crippen molar-refractivity contribution >= 4 is 38.9 Å². The summed E-state index contributed by atoms with van der Waals surface area (Å²) in [6.07, 6.45) is 0.720. The second-order valence-corrected chi connectivity index (χ2v) is 6.86. The fraction of sp³-hybridized carbons (Fsp3) is 0.188. The van der Waals surface area contributed by atoms with E-state index in [0.29, 0.717) is 6.42 Å². The molecule has 0 spiro atoms. The van der Waals surface area contributed by atoms with Gasteiger partial charge in [-0.3, -0.25) is 14.1 Å². The van der Waals surface area contributed by atoms with Crippen molar-refractivity contribution in [1.29, 1.82) is 0 Å².